The molecule has 3 aliphatic rings. The Labute approximate surface area is 135 Å². The van der Waals surface area contributed by atoms with E-state index in [1.165, 1.54) is 0 Å². The van der Waals surface area contributed by atoms with Crippen molar-refractivity contribution < 1.29 is 9.53 Å². The number of nitriles is 1. The van der Waals surface area contributed by atoms with Gasteiger partial charge in [-0.25, -0.2) is 0 Å². The van der Waals surface area contributed by atoms with Crippen molar-refractivity contribution in [1.29, 1.82) is 5.26 Å². The van der Waals surface area contributed by atoms with Crippen LogP contribution in [0, 0.1) is 17.2 Å². The first-order valence-electron chi connectivity index (χ1n) is 8.11. The maximum Gasteiger partial charge on any atom is 0.173 e. The van der Waals surface area contributed by atoms with E-state index in [0.717, 1.165) is 36.2 Å². The highest BCUT2D eigenvalue weighted by atomic mass is 16.5. The summed E-state index contributed by atoms with van der Waals surface area (Å²) in [5, 5.41) is 9.54. The standard InChI is InChI=1S/C19H18N2O2/c20-11-15-9-14-10-18(21(15)12-13-5-2-1-3-6-13)23-17-8-4-7-16(22)19(14)17/h1-3,5-6,9,14,18H,4,7-8,10,12H2/t14-,18-/m1/s1. The van der Waals surface area contributed by atoms with E-state index in [0.29, 0.717) is 18.7 Å². The maximum atomic E-state index is 12.2. The molecular formula is C19H18N2O2. The number of carbonyl (C=O) groups is 1. The van der Waals surface area contributed by atoms with Crippen molar-refractivity contribution in [3.63, 3.8) is 0 Å². The molecule has 0 radical (unpaired) electrons. The number of fused-ring (bicyclic) bond motifs is 3. The molecule has 1 aromatic carbocycles. The number of ketones is 1. The lowest BCUT2D eigenvalue weighted by Gasteiger charge is -2.44. The summed E-state index contributed by atoms with van der Waals surface area (Å²) in [4.78, 5) is 14.3. The molecule has 0 saturated carbocycles. The summed E-state index contributed by atoms with van der Waals surface area (Å²) in [5.74, 6) is 1.09. The van der Waals surface area contributed by atoms with E-state index < -0.39 is 0 Å². The van der Waals surface area contributed by atoms with Crippen LogP contribution in [0.1, 0.15) is 31.2 Å². The number of ether oxygens (including phenoxy) is 1. The van der Waals surface area contributed by atoms with Crippen LogP contribution in [-0.4, -0.2) is 16.9 Å². The minimum absolute atomic E-state index is 0.0400. The van der Waals surface area contributed by atoms with Crippen molar-refractivity contribution in [2.45, 2.75) is 38.5 Å². The summed E-state index contributed by atoms with van der Waals surface area (Å²) in [6, 6.07) is 12.4. The van der Waals surface area contributed by atoms with Crippen LogP contribution >= 0.6 is 0 Å². The lowest BCUT2D eigenvalue weighted by Crippen LogP contribution is -2.45. The number of benzene rings is 1. The van der Waals surface area contributed by atoms with Crippen LogP contribution in [0.3, 0.4) is 0 Å². The van der Waals surface area contributed by atoms with Gasteiger partial charge < -0.3 is 9.64 Å². The normalized spacial score (nSPS) is 26.1. The van der Waals surface area contributed by atoms with Crippen molar-refractivity contribution in [1.82, 2.24) is 4.90 Å². The van der Waals surface area contributed by atoms with E-state index in [1.807, 2.05) is 29.2 Å². The lowest BCUT2D eigenvalue weighted by atomic mass is 9.80. The van der Waals surface area contributed by atoms with Gasteiger partial charge >= 0.3 is 0 Å². The van der Waals surface area contributed by atoms with Crippen LogP contribution in [-0.2, 0) is 16.1 Å². The third-order valence-electron chi connectivity index (χ3n) is 4.84. The molecule has 116 valence electrons. The van der Waals surface area contributed by atoms with Crippen molar-refractivity contribution in [3.8, 4) is 6.07 Å². The second kappa shape index (κ2) is 5.58. The number of rotatable bonds is 2. The highest BCUT2D eigenvalue weighted by molar-refractivity contribution is 5.97. The topological polar surface area (TPSA) is 53.3 Å². The fourth-order valence-electron chi connectivity index (χ4n) is 3.77. The Morgan fingerprint density at radius 2 is 2.09 bits per heavy atom. The molecule has 1 aromatic rings. The summed E-state index contributed by atoms with van der Waals surface area (Å²) in [5.41, 5.74) is 2.58. The van der Waals surface area contributed by atoms with Crippen LogP contribution < -0.4 is 0 Å². The van der Waals surface area contributed by atoms with E-state index in [4.69, 9.17) is 4.74 Å². The number of allylic oxidation sites excluding steroid dienone is 4. The number of hydrogen-bond donors (Lipinski definition) is 0. The van der Waals surface area contributed by atoms with E-state index in [1.54, 1.807) is 0 Å². The predicted molar refractivity (Wildman–Crippen MR) is 84.5 cm³/mol. The Kier molecular flexibility index (Phi) is 3.42. The van der Waals surface area contributed by atoms with Gasteiger partial charge in [0.25, 0.3) is 0 Å². The lowest BCUT2D eigenvalue weighted by molar-refractivity contribution is -0.119. The van der Waals surface area contributed by atoms with Gasteiger partial charge in [0.15, 0.2) is 12.0 Å². The fraction of sp³-hybridized carbons (Fsp3) is 0.368. The highest BCUT2D eigenvalue weighted by Gasteiger charge is 2.41. The SMILES string of the molecule is N#CC1=C[C@@H]2C[C@@H](OC3=C2C(=O)CCC3)N1Cc1ccccc1. The van der Waals surface area contributed by atoms with Crippen LogP contribution in [0.4, 0.5) is 0 Å². The van der Waals surface area contributed by atoms with Gasteiger partial charge in [-0.05, 0) is 18.1 Å². The molecule has 4 heteroatoms. The van der Waals surface area contributed by atoms with Gasteiger partial charge in [-0.1, -0.05) is 30.3 Å². The third kappa shape index (κ3) is 2.43. The second-order valence-corrected chi connectivity index (χ2v) is 6.31. The van der Waals surface area contributed by atoms with Crippen molar-refractivity contribution >= 4 is 5.78 Å². The summed E-state index contributed by atoms with van der Waals surface area (Å²) in [6.07, 6.45) is 4.87. The van der Waals surface area contributed by atoms with E-state index in [-0.39, 0.29) is 17.9 Å². The number of nitrogens with zero attached hydrogens (tertiary/aromatic N) is 2. The predicted octanol–water partition coefficient (Wildman–Crippen LogP) is 3.28. The Bertz CT molecular complexity index is 742. The second-order valence-electron chi connectivity index (χ2n) is 6.31. The molecule has 0 spiro atoms. The number of Topliss-reactive ketones (excluding diaryl/α,β-unsaturated/α-hetero) is 1. The first-order valence-corrected chi connectivity index (χ1v) is 8.11. The van der Waals surface area contributed by atoms with Gasteiger partial charge in [-0.3, -0.25) is 4.79 Å². The quantitative estimate of drug-likeness (QED) is 0.841. The zero-order chi connectivity index (χ0) is 15.8. The largest absolute Gasteiger partial charge is 0.474 e. The van der Waals surface area contributed by atoms with Gasteiger partial charge in [-0.2, -0.15) is 5.26 Å². The summed E-state index contributed by atoms with van der Waals surface area (Å²) in [7, 11) is 0. The Morgan fingerprint density at radius 3 is 2.87 bits per heavy atom. The average molecular weight is 306 g/mol. The zero-order valence-electron chi connectivity index (χ0n) is 12.9. The van der Waals surface area contributed by atoms with Crippen LogP contribution in [0.5, 0.6) is 0 Å². The van der Waals surface area contributed by atoms with Crippen LogP contribution in [0.2, 0.25) is 0 Å². The maximum absolute atomic E-state index is 12.2. The first-order chi connectivity index (χ1) is 11.3. The van der Waals surface area contributed by atoms with Crippen LogP contribution in [0.25, 0.3) is 0 Å². The molecule has 4 rings (SSSR count). The zero-order valence-corrected chi connectivity index (χ0v) is 12.9. The molecule has 0 fully saturated rings. The van der Waals surface area contributed by atoms with Crippen LogP contribution in [0.15, 0.2) is 53.4 Å². The molecule has 2 bridgehead atoms. The molecule has 0 aromatic heterocycles. The monoisotopic (exact) mass is 306 g/mol. The van der Waals surface area contributed by atoms with Gasteiger partial charge in [0.05, 0.1) is 0 Å². The molecular weight excluding hydrogens is 288 g/mol. The molecule has 1 aliphatic carbocycles. The molecule has 2 heterocycles. The Morgan fingerprint density at radius 1 is 1.26 bits per heavy atom. The van der Waals surface area contributed by atoms with E-state index >= 15 is 0 Å². The summed E-state index contributed by atoms with van der Waals surface area (Å²) in [6.45, 7) is 0.647. The van der Waals surface area contributed by atoms with Gasteiger partial charge in [0.2, 0.25) is 0 Å². The molecule has 0 unspecified atom stereocenters. The summed E-state index contributed by atoms with van der Waals surface area (Å²) < 4.78 is 6.14. The summed E-state index contributed by atoms with van der Waals surface area (Å²) >= 11 is 0. The Balaban J connectivity index is 1.68. The molecule has 0 amide bonds. The Hall–Kier alpha value is -2.54. The molecule has 23 heavy (non-hydrogen) atoms. The third-order valence-corrected chi connectivity index (χ3v) is 4.84. The van der Waals surface area contributed by atoms with Crippen molar-refractivity contribution in [2.75, 3.05) is 0 Å². The molecule has 2 atom stereocenters. The van der Waals surface area contributed by atoms with Gasteiger partial charge in [0.1, 0.15) is 17.5 Å². The van der Waals surface area contributed by atoms with Gasteiger partial charge in [0, 0.05) is 37.3 Å². The number of carbonyl (C=O) groups excluding carboxylic acids is 1. The number of hydrogen-bond acceptors (Lipinski definition) is 4. The minimum Gasteiger partial charge on any atom is -0.474 e. The van der Waals surface area contributed by atoms with E-state index in [2.05, 4.69) is 18.2 Å². The molecule has 2 aliphatic heterocycles. The molecule has 4 nitrogen and oxygen atoms in total. The first kappa shape index (κ1) is 14.1. The van der Waals surface area contributed by atoms with Crippen molar-refractivity contribution in [2.24, 2.45) is 5.92 Å². The smallest absolute Gasteiger partial charge is 0.173 e. The molecule has 0 N–H and O–H groups in total. The fourth-order valence-corrected chi connectivity index (χ4v) is 3.77. The molecule has 0 saturated heterocycles. The average Bonchev–Trinajstić information content (AvgIpc) is 2.58. The minimum atomic E-state index is -0.149. The highest BCUT2D eigenvalue weighted by Crippen LogP contribution is 2.42. The van der Waals surface area contributed by atoms with Crippen molar-refractivity contribution in [3.05, 3.63) is 59.0 Å². The van der Waals surface area contributed by atoms with E-state index in [9.17, 15) is 10.1 Å². The van der Waals surface area contributed by atoms with Gasteiger partial charge in [-0.15, -0.1) is 0 Å².